The molecule has 3 nitrogen and oxygen atoms in total. The molecule has 2 aromatic rings. The van der Waals surface area contributed by atoms with Gasteiger partial charge in [0.05, 0.1) is 0 Å². The number of furan rings is 1. The summed E-state index contributed by atoms with van der Waals surface area (Å²) >= 11 is 0. The van der Waals surface area contributed by atoms with E-state index in [-0.39, 0.29) is 0 Å². The third-order valence-corrected chi connectivity index (χ3v) is 3.18. The largest absolute Gasteiger partial charge is 0.507 e. The second-order valence-electron chi connectivity index (χ2n) is 4.52. The number of ether oxygens (including phenoxy) is 1. The molecule has 0 aliphatic carbocycles. The van der Waals surface area contributed by atoms with Gasteiger partial charge in [0, 0.05) is 16.5 Å². The van der Waals surface area contributed by atoms with E-state index in [1.807, 2.05) is 44.2 Å². The van der Waals surface area contributed by atoms with Crippen LogP contribution in [0.3, 0.4) is 0 Å². The van der Waals surface area contributed by atoms with E-state index >= 15 is 0 Å². The molecule has 1 aromatic carbocycles. The minimum atomic E-state index is 0.303. The van der Waals surface area contributed by atoms with Crippen LogP contribution < -0.4 is 0 Å². The van der Waals surface area contributed by atoms with Crippen molar-refractivity contribution in [2.24, 2.45) is 0 Å². The Kier molecular flexibility index (Phi) is 2.40. The summed E-state index contributed by atoms with van der Waals surface area (Å²) in [6.07, 6.45) is 0. The van der Waals surface area contributed by atoms with E-state index in [9.17, 15) is 5.11 Å². The zero-order chi connectivity index (χ0) is 12.7. The van der Waals surface area contributed by atoms with Crippen LogP contribution in [-0.2, 0) is 4.74 Å². The van der Waals surface area contributed by atoms with Crippen molar-refractivity contribution in [3.8, 4) is 0 Å². The molecule has 3 rings (SSSR count). The van der Waals surface area contributed by atoms with Gasteiger partial charge in [-0.05, 0) is 26.0 Å². The Hall–Kier alpha value is -2.16. The first-order chi connectivity index (χ1) is 8.66. The van der Waals surface area contributed by atoms with Crippen molar-refractivity contribution in [1.82, 2.24) is 0 Å². The van der Waals surface area contributed by atoms with Crippen LogP contribution in [0.1, 0.15) is 19.6 Å². The lowest BCUT2D eigenvalue weighted by atomic mass is 10.1. The maximum Gasteiger partial charge on any atom is 0.170 e. The smallest absolute Gasteiger partial charge is 0.170 e. The topological polar surface area (TPSA) is 42.6 Å². The fourth-order valence-electron chi connectivity index (χ4n) is 2.13. The van der Waals surface area contributed by atoms with Gasteiger partial charge in [0.1, 0.15) is 17.9 Å². The predicted octanol–water partition coefficient (Wildman–Crippen LogP) is 4.03. The maximum atomic E-state index is 9.95. The van der Waals surface area contributed by atoms with Gasteiger partial charge in [-0.3, -0.25) is 0 Å². The summed E-state index contributed by atoms with van der Waals surface area (Å²) in [5.41, 5.74) is 2.38. The lowest BCUT2D eigenvalue weighted by molar-refractivity contribution is 0.272. The summed E-state index contributed by atoms with van der Waals surface area (Å²) in [5.74, 6) is 1.58. The third kappa shape index (κ3) is 1.59. The molecular formula is C15H14O3. The third-order valence-electron chi connectivity index (χ3n) is 3.18. The highest BCUT2D eigenvalue weighted by Gasteiger charge is 2.21. The van der Waals surface area contributed by atoms with Crippen molar-refractivity contribution in [2.45, 2.75) is 13.8 Å². The summed E-state index contributed by atoms with van der Waals surface area (Å²) in [5, 5.41) is 11.0. The van der Waals surface area contributed by atoms with E-state index in [1.165, 1.54) is 0 Å². The van der Waals surface area contributed by atoms with Crippen molar-refractivity contribution >= 4 is 16.7 Å². The minimum absolute atomic E-state index is 0.303. The number of hydrogen-bond donors (Lipinski definition) is 1. The summed E-state index contributed by atoms with van der Waals surface area (Å²) < 4.78 is 11.4. The number of benzene rings is 1. The van der Waals surface area contributed by atoms with Gasteiger partial charge in [0.15, 0.2) is 11.5 Å². The van der Waals surface area contributed by atoms with E-state index in [0.717, 1.165) is 22.1 Å². The Bertz CT molecular complexity index is 641. The Labute approximate surface area is 105 Å². The highest BCUT2D eigenvalue weighted by atomic mass is 16.5. The summed E-state index contributed by atoms with van der Waals surface area (Å²) in [4.78, 5) is 0. The molecule has 1 aliphatic rings. The van der Waals surface area contributed by atoms with Crippen molar-refractivity contribution < 1.29 is 14.3 Å². The first-order valence-corrected chi connectivity index (χ1v) is 5.88. The van der Waals surface area contributed by atoms with Crippen molar-refractivity contribution in [1.29, 1.82) is 0 Å². The predicted molar refractivity (Wildman–Crippen MR) is 70.1 cm³/mol. The monoisotopic (exact) mass is 242 g/mol. The summed E-state index contributed by atoms with van der Waals surface area (Å²) in [6.45, 7) is 4.09. The molecule has 0 bridgehead atoms. The number of aliphatic hydroxyl groups is 1. The zero-order valence-corrected chi connectivity index (χ0v) is 10.4. The number of para-hydroxylation sites is 1. The molecule has 0 spiro atoms. The Morgan fingerprint density at radius 3 is 2.72 bits per heavy atom. The van der Waals surface area contributed by atoms with E-state index in [0.29, 0.717) is 23.9 Å². The highest BCUT2D eigenvalue weighted by molar-refractivity contribution is 5.82. The standard InChI is InChI=1S/C15H14O3/c1-9-8-17-15(10(2)14(9)16)13-7-11-5-3-4-6-12(11)18-13/h3-7,16H,8H2,1-2H3. The number of rotatable bonds is 1. The van der Waals surface area contributed by atoms with Gasteiger partial charge in [0.25, 0.3) is 0 Å². The molecule has 1 aromatic heterocycles. The van der Waals surface area contributed by atoms with Crippen molar-refractivity contribution in [3.63, 3.8) is 0 Å². The Morgan fingerprint density at radius 2 is 1.94 bits per heavy atom. The van der Waals surface area contributed by atoms with Gasteiger partial charge in [-0.25, -0.2) is 0 Å². The molecule has 2 heterocycles. The lowest BCUT2D eigenvalue weighted by Crippen LogP contribution is -2.08. The van der Waals surface area contributed by atoms with E-state index in [2.05, 4.69) is 0 Å². The molecule has 0 fully saturated rings. The van der Waals surface area contributed by atoms with Gasteiger partial charge >= 0.3 is 0 Å². The molecule has 0 radical (unpaired) electrons. The van der Waals surface area contributed by atoms with Gasteiger partial charge in [-0.2, -0.15) is 0 Å². The van der Waals surface area contributed by atoms with Gasteiger partial charge in [-0.15, -0.1) is 0 Å². The molecule has 92 valence electrons. The fraction of sp³-hybridized carbons (Fsp3) is 0.200. The molecule has 0 saturated carbocycles. The average molecular weight is 242 g/mol. The van der Waals surface area contributed by atoms with Crippen LogP contribution >= 0.6 is 0 Å². The van der Waals surface area contributed by atoms with E-state index < -0.39 is 0 Å². The molecule has 18 heavy (non-hydrogen) atoms. The molecule has 1 aliphatic heterocycles. The zero-order valence-electron chi connectivity index (χ0n) is 10.4. The number of aliphatic hydroxyl groups excluding tert-OH is 1. The summed E-state index contributed by atoms with van der Waals surface area (Å²) in [7, 11) is 0. The molecular weight excluding hydrogens is 228 g/mol. The summed E-state index contributed by atoms with van der Waals surface area (Å²) in [6, 6.07) is 9.73. The van der Waals surface area contributed by atoms with Crippen LogP contribution in [-0.4, -0.2) is 11.7 Å². The molecule has 3 heteroatoms. The SMILES string of the molecule is CC1=C(O)C(C)=C(c2cc3ccccc3o2)OC1. The molecule has 0 amide bonds. The van der Waals surface area contributed by atoms with E-state index in [1.54, 1.807) is 0 Å². The average Bonchev–Trinajstić information content (AvgIpc) is 2.79. The molecule has 0 saturated heterocycles. The highest BCUT2D eigenvalue weighted by Crippen LogP contribution is 2.33. The fourth-order valence-corrected chi connectivity index (χ4v) is 2.13. The van der Waals surface area contributed by atoms with Gasteiger partial charge in [-0.1, -0.05) is 18.2 Å². The van der Waals surface area contributed by atoms with Crippen molar-refractivity contribution in [3.05, 3.63) is 53.0 Å². The molecule has 0 atom stereocenters. The first kappa shape index (κ1) is 11.0. The number of allylic oxidation sites excluding steroid dienone is 1. The molecule has 0 unspecified atom stereocenters. The number of hydrogen-bond acceptors (Lipinski definition) is 3. The second kappa shape index (κ2) is 3.95. The molecule has 1 N–H and O–H groups in total. The van der Waals surface area contributed by atoms with Gasteiger partial charge in [0.2, 0.25) is 0 Å². The lowest BCUT2D eigenvalue weighted by Gasteiger charge is -2.18. The quantitative estimate of drug-likeness (QED) is 0.821. The van der Waals surface area contributed by atoms with Crippen LogP contribution in [0.15, 0.2) is 51.7 Å². The Morgan fingerprint density at radius 1 is 1.17 bits per heavy atom. The van der Waals surface area contributed by atoms with E-state index in [4.69, 9.17) is 9.15 Å². The van der Waals surface area contributed by atoms with Crippen LogP contribution in [0.4, 0.5) is 0 Å². The van der Waals surface area contributed by atoms with Crippen LogP contribution in [0.2, 0.25) is 0 Å². The second-order valence-corrected chi connectivity index (χ2v) is 4.52. The van der Waals surface area contributed by atoms with Crippen LogP contribution in [0, 0.1) is 0 Å². The van der Waals surface area contributed by atoms with Crippen LogP contribution in [0.25, 0.3) is 16.7 Å². The Balaban J connectivity index is 2.15. The first-order valence-electron chi connectivity index (χ1n) is 5.88. The van der Waals surface area contributed by atoms with Crippen LogP contribution in [0.5, 0.6) is 0 Å². The van der Waals surface area contributed by atoms with Crippen molar-refractivity contribution in [2.75, 3.05) is 6.61 Å². The maximum absolute atomic E-state index is 9.95. The van der Waals surface area contributed by atoms with Gasteiger partial charge < -0.3 is 14.3 Å². The minimum Gasteiger partial charge on any atom is -0.507 e. The number of fused-ring (bicyclic) bond motifs is 1. The normalized spacial score (nSPS) is 16.3.